The first-order valence-corrected chi connectivity index (χ1v) is 13.8. The SMILES string of the molecule is Cc1ccc(C(C(=O)NC2CCCCC2)N(C(=O)C(CCC(N)=O)NC(=O)OC(C)(C)C)C2CC2)cc1C. The summed E-state index contributed by atoms with van der Waals surface area (Å²) in [6.07, 6.45) is 5.83. The molecule has 0 heterocycles. The number of carbonyl (C=O) groups excluding carboxylic acids is 4. The maximum Gasteiger partial charge on any atom is 0.408 e. The highest BCUT2D eigenvalue weighted by Crippen LogP contribution is 2.36. The van der Waals surface area contributed by atoms with E-state index in [4.69, 9.17) is 10.5 Å². The molecular formula is C29H44N4O5. The number of ether oxygens (including phenoxy) is 1. The highest BCUT2D eigenvalue weighted by Gasteiger charge is 2.44. The molecule has 0 aliphatic heterocycles. The second-order valence-electron chi connectivity index (χ2n) is 11.8. The first-order chi connectivity index (χ1) is 17.9. The van der Waals surface area contributed by atoms with E-state index in [2.05, 4.69) is 10.6 Å². The third-order valence-electron chi connectivity index (χ3n) is 7.19. The Balaban J connectivity index is 1.95. The lowest BCUT2D eigenvalue weighted by Gasteiger charge is -2.36. The molecule has 0 saturated heterocycles. The predicted molar refractivity (Wildman–Crippen MR) is 145 cm³/mol. The van der Waals surface area contributed by atoms with Crippen molar-refractivity contribution in [2.75, 3.05) is 0 Å². The molecular weight excluding hydrogens is 484 g/mol. The quantitative estimate of drug-likeness (QED) is 0.423. The number of hydrogen-bond acceptors (Lipinski definition) is 5. The van der Waals surface area contributed by atoms with E-state index in [1.54, 1.807) is 25.7 Å². The Bertz CT molecular complexity index is 1020. The summed E-state index contributed by atoms with van der Waals surface area (Å²) in [6, 6.07) is 3.85. The molecule has 2 aliphatic carbocycles. The van der Waals surface area contributed by atoms with E-state index in [9.17, 15) is 19.2 Å². The number of aryl methyl sites for hydroxylation is 2. The number of alkyl carbamates (subject to hydrolysis) is 1. The molecule has 1 aromatic carbocycles. The number of amides is 4. The van der Waals surface area contributed by atoms with Gasteiger partial charge in [0, 0.05) is 18.5 Å². The molecule has 2 unspecified atom stereocenters. The Morgan fingerprint density at radius 2 is 1.68 bits per heavy atom. The third kappa shape index (κ3) is 8.46. The van der Waals surface area contributed by atoms with Crippen LogP contribution in [0, 0.1) is 13.8 Å². The Morgan fingerprint density at radius 3 is 2.24 bits per heavy atom. The number of hydrogen-bond donors (Lipinski definition) is 3. The number of primary amides is 1. The standard InChI is InChI=1S/C29H44N4O5/c1-18-11-12-20(17-19(18)2)25(26(35)31-21-9-7-6-8-10-21)33(22-13-14-22)27(36)23(15-16-24(30)34)32-28(37)38-29(3,4)5/h11-12,17,21-23,25H,6-10,13-16H2,1-5H3,(H2,30,34)(H,31,35)(H,32,37). The van der Waals surface area contributed by atoms with Crippen LogP contribution in [0.2, 0.25) is 0 Å². The van der Waals surface area contributed by atoms with Gasteiger partial charge in [0.15, 0.2) is 0 Å². The molecule has 1 aromatic rings. The van der Waals surface area contributed by atoms with E-state index in [1.807, 2.05) is 32.0 Å². The van der Waals surface area contributed by atoms with Gasteiger partial charge in [-0.1, -0.05) is 37.5 Å². The van der Waals surface area contributed by atoms with Crippen molar-refractivity contribution < 1.29 is 23.9 Å². The van der Waals surface area contributed by atoms with Crippen LogP contribution in [0.3, 0.4) is 0 Å². The number of benzene rings is 1. The van der Waals surface area contributed by atoms with Crippen molar-refractivity contribution in [1.29, 1.82) is 0 Å². The second kappa shape index (κ2) is 12.6. The van der Waals surface area contributed by atoms with Crippen molar-refractivity contribution in [3.63, 3.8) is 0 Å². The third-order valence-corrected chi connectivity index (χ3v) is 7.19. The van der Waals surface area contributed by atoms with Gasteiger partial charge in [-0.25, -0.2) is 4.79 Å². The molecule has 38 heavy (non-hydrogen) atoms. The minimum absolute atomic E-state index is 0.0144. The van der Waals surface area contributed by atoms with E-state index in [0.717, 1.165) is 61.6 Å². The average Bonchev–Trinajstić information content (AvgIpc) is 3.66. The second-order valence-corrected chi connectivity index (χ2v) is 11.8. The summed E-state index contributed by atoms with van der Waals surface area (Å²) in [4.78, 5) is 53.9. The van der Waals surface area contributed by atoms with Crippen LogP contribution in [0.1, 0.15) is 101 Å². The fourth-order valence-corrected chi connectivity index (χ4v) is 4.94. The molecule has 0 spiro atoms. The van der Waals surface area contributed by atoms with Crippen molar-refractivity contribution in [3.8, 4) is 0 Å². The van der Waals surface area contributed by atoms with Crippen LogP contribution < -0.4 is 16.4 Å². The Morgan fingerprint density at radius 1 is 1.03 bits per heavy atom. The molecule has 210 valence electrons. The highest BCUT2D eigenvalue weighted by atomic mass is 16.6. The van der Waals surface area contributed by atoms with Gasteiger partial charge in [-0.3, -0.25) is 14.4 Å². The van der Waals surface area contributed by atoms with Gasteiger partial charge >= 0.3 is 6.09 Å². The largest absolute Gasteiger partial charge is 0.444 e. The molecule has 9 heteroatoms. The number of nitrogens with zero attached hydrogens (tertiary/aromatic N) is 1. The highest BCUT2D eigenvalue weighted by molar-refractivity contribution is 5.93. The lowest BCUT2D eigenvalue weighted by Crippen LogP contribution is -2.54. The Labute approximate surface area is 226 Å². The summed E-state index contributed by atoms with van der Waals surface area (Å²) >= 11 is 0. The van der Waals surface area contributed by atoms with Gasteiger partial charge in [0.2, 0.25) is 17.7 Å². The van der Waals surface area contributed by atoms with E-state index >= 15 is 0 Å². The van der Waals surface area contributed by atoms with Crippen LogP contribution in [0.15, 0.2) is 18.2 Å². The monoisotopic (exact) mass is 528 g/mol. The summed E-state index contributed by atoms with van der Waals surface area (Å²) < 4.78 is 5.39. The van der Waals surface area contributed by atoms with Crippen molar-refractivity contribution >= 4 is 23.8 Å². The molecule has 4 N–H and O–H groups in total. The number of nitrogens with two attached hydrogens (primary N) is 1. The van der Waals surface area contributed by atoms with E-state index in [1.165, 1.54) is 0 Å². The lowest BCUT2D eigenvalue weighted by molar-refractivity contribution is -0.143. The van der Waals surface area contributed by atoms with Crippen LogP contribution in [0.4, 0.5) is 4.79 Å². The average molecular weight is 529 g/mol. The fraction of sp³-hybridized carbons (Fsp3) is 0.655. The predicted octanol–water partition coefficient (Wildman–Crippen LogP) is 3.94. The summed E-state index contributed by atoms with van der Waals surface area (Å²) in [7, 11) is 0. The topological polar surface area (TPSA) is 131 Å². The van der Waals surface area contributed by atoms with Crippen molar-refractivity contribution in [2.45, 2.75) is 122 Å². The van der Waals surface area contributed by atoms with Gasteiger partial charge < -0.3 is 26.0 Å². The maximum atomic E-state index is 14.1. The number of nitrogens with one attached hydrogen (secondary N) is 2. The van der Waals surface area contributed by atoms with Crippen molar-refractivity contribution in [2.24, 2.45) is 5.73 Å². The normalized spacial score (nSPS) is 17.7. The molecule has 0 aromatic heterocycles. The fourth-order valence-electron chi connectivity index (χ4n) is 4.94. The van der Waals surface area contributed by atoms with Gasteiger partial charge in [-0.05, 0) is 83.4 Å². The lowest BCUT2D eigenvalue weighted by atomic mass is 9.94. The van der Waals surface area contributed by atoms with E-state index < -0.39 is 35.6 Å². The zero-order valence-electron chi connectivity index (χ0n) is 23.5. The van der Waals surface area contributed by atoms with Crippen LogP contribution in [0.25, 0.3) is 0 Å². The molecule has 4 amide bonds. The minimum Gasteiger partial charge on any atom is -0.444 e. The molecule has 2 fully saturated rings. The molecule has 2 atom stereocenters. The minimum atomic E-state index is -1.06. The summed E-state index contributed by atoms with van der Waals surface area (Å²) in [6.45, 7) is 9.18. The zero-order valence-corrected chi connectivity index (χ0v) is 23.5. The summed E-state index contributed by atoms with van der Waals surface area (Å²) in [5.41, 5.74) is 7.47. The van der Waals surface area contributed by atoms with Crippen LogP contribution in [0.5, 0.6) is 0 Å². The molecule has 2 saturated carbocycles. The van der Waals surface area contributed by atoms with Crippen LogP contribution in [-0.4, -0.2) is 52.4 Å². The van der Waals surface area contributed by atoms with Gasteiger partial charge in [-0.2, -0.15) is 0 Å². The van der Waals surface area contributed by atoms with E-state index in [0.29, 0.717) is 0 Å². The van der Waals surface area contributed by atoms with Crippen molar-refractivity contribution in [1.82, 2.24) is 15.5 Å². The maximum absolute atomic E-state index is 14.1. The zero-order chi connectivity index (χ0) is 28.0. The molecule has 0 bridgehead atoms. The number of carbonyl (C=O) groups is 4. The first-order valence-electron chi connectivity index (χ1n) is 13.8. The smallest absolute Gasteiger partial charge is 0.408 e. The van der Waals surface area contributed by atoms with Gasteiger partial charge in [0.25, 0.3) is 0 Å². The van der Waals surface area contributed by atoms with Gasteiger partial charge in [-0.15, -0.1) is 0 Å². The van der Waals surface area contributed by atoms with Gasteiger partial charge in [0.05, 0.1) is 0 Å². The molecule has 9 nitrogen and oxygen atoms in total. The van der Waals surface area contributed by atoms with Crippen LogP contribution >= 0.6 is 0 Å². The number of rotatable bonds is 10. The van der Waals surface area contributed by atoms with Crippen molar-refractivity contribution in [3.05, 3.63) is 34.9 Å². The molecule has 2 aliphatic rings. The Kier molecular flexibility index (Phi) is 9.79. The molecule has 3 rings (SSSR count). The summed E-state index contributed by atoms with van der Waals surface area (Å²) in [5.74, 6) is -1.21. The Hall–Kier alpha value is -3.10. The van der Waals surface area contributed by atoms with Gasteiger partial charge in [0.1, 0.15) is 17.7 Å². The molecule has 0 radical (unpaired) electrons. The van der Waals surface area contributed by atoms with Crippen LogP contribution in [-0.2, 0) is 19.1 Å². The summed E-state index contributed by atoms with van der Waals surface area (Å²) in [5, 5.41) is 5.86. The van der Waals surface area contributed by atoms with E-state index in [-0.39, 0.29) is 30.8 Å². The first kappa shape index (κ1) is 29.5.